The molecule has 2 heterocycles. The molecule has 2 aliphatic rings. The lowest BCUT2D eigenvalue weighted by Gasteiger charge is -2.30. The summed E-state index contributed by atoms with van der Waals surface area (Å²) in [6, 6.07) is 0. The summed E-state index contributed by atoms with van der Waals surface area (Å²) in [4.78, 5) is 74.5. The summed E-state index contributed by atoms with van der Waals surface area (Å²) < 4.78 is 0. The van der Waals surface area contributed by atoms with Crippen molar-refractivity contribution in [1.82, 2.24) is 15.1 Å². The summed E-state index contributed by atoms with van der Waals surface area (Å²) in [5.74, 6) is 1.95. The van der Waals surface area contributed by atoms with Gasteiger partial charge in [0.1, 0.15) is 5.78 Å². The SMILES string of the molecule is CN1C(=O)CC(SCCCCCC(=O)C[C@@H](CCCCNC(=O)CCCCCSC2CC(=O)N(C)C2=O)C(C)(C)C)C1=O. The summed E-state index contributed by atoms with van der Waals surface area (Å²) in [7, 11) is 3.08. The predicted molar refractivity (Wildman–Crippen MR) is 174 cm³/mol. The van der Waals surface area contributed by atoms with Gasteiger partial charge < -0.3 is 5.32 Å². The first-order valence-electron chi connectivity index (χ1n) is 15.9. The maximum atomic E-state index is 12.7. The number of carbonyl (C=O) groups is 6. The van der Waals surface area contributed by atoms with Crippen molar-refractivity contribution in [1.29, 1.82) is 0 Å². The van der Waals surface area contributed by atoms with Crippen LogP contribution < -0.4 is 5.32 Å². The predicted octanol–water partition coefficient (Wildman–Crippen LogP) is 5.00. The van der Waals surface area contributed by atoms with E-state index in [0.717, 1.165) is 69.3 Å². The van der Waals surface area contributed by atoms with Gasteiger partial charge in [-0.3, -0.25) is 38.6 Å². The van der Waals surface area contributed by atoms with Crippen LogP contribution in [0.2, 0.25) is 0 Å². The molecule has 2 saturated heterocycles. The highest BCUT2D eigenvalue weighted by Gasteiger charge is 2.36. The minimum atomic E-state index is -0.245. The van der Waals surface area contributed by atoms with Crippen LogP contribution in [0.25, 0.3) is 0 Å². The Morgan fingerprint density at radius 1 is 0.767 bits per heavy atom. The van der Waals surface area contributed by atoms with E-state index in [9.17, 15) is 28.8 Å². The second kappa shape index (κ2) is 18.8. The van der Waals surface area contributed by atoms with Crippen molar-refractivity contribution >= 4 is 58.8 Å². The van der Waals surface area contributed by atoms with Gasteiger partial charge in [0.2, 0.25) is 29.5 Å². The first kappa shape index (κ1) is 37.3. The van der Waals surface area contributed by atoms with Gasteiger partial charge in [-0.1, -0.05) is 40.0 Å². The monoisotopic (exact) mass is 639 g/mol. The van der Waals surface area contributed by atoms with Crippen LogP contribution in [0.5, 0.6) is 0 Å². The number of Topliss-reactive ketones (excluding diaryl/α,β-unsaturated/α-hetero) is 1. The number of unbranched alkanes of at least 4 members (excludes halogenated alkanes) is 5. The minimum Gasteiger partial charge on any atom is -0.356 e. The zero-order chi connectivity index (χ0) is 32.0. The highest BCUT2D eigenvalue weighted by molar-refractivity contribution is 8.00. The maximum absolute atomic E-state index is 12.7. The number of ketones is 1. The van der Waals surface area contributed by atoms with Crippen LogP contribution in [-0.4, -0.2) is 87.8 Å². The molecular weight excluding hydrogens is 587 g/mol. The van der Waals surface area contributed by atoms with Gasteiger partial charge in [0.15, 0.2) is 0 Å². The molecule has 0 radical (unpaired) electrons. The molecule has 1 N–H and O–H groups in total. The van der Waals surface area contributed by atoms with Gasteiger partial charge in [-0.25, -0.2) is 0 Å². The average molecular weight is 640 g/mol. The number of likely N-dealkylation sites (tertiary alicyclic amines) is 2. The topological polar surface area (TPSA) is 121 Å². The Kier molecular flexibility index (Phi) is 16.3. The third kappa shape index (κ3) is 13.3. The number of nitrogens with one attached hydrogen (secondary N) is 1. The largest absolute Gasteiger partial charge is 0.356 e. The summed E-state index contributed by atoms with van der Waals surface area (Å²) in [5.41, 5.74) is 0.0444. The fourth-order valence-electron chi connectivity index (χ4n) is 5.37. The molecule has 0 aromatic rings. The van der Waals surface area contributed by atoms with Crippen LogP contribution in [-0.2, 0) is 28.8 Å². The summed E-state index contributed by atoms with van der Waals surface area (Å²) in [6.07, 6.45) is 10.5. The number of hydrogen-bond acceptors (Lipinski definition) is 8. The second-order valence-corrected chi connectivity index (χ2v) is 15.6. The van der Waals surface area contributed by atoms with Gasteiger partial charge in [0, 0.05) is 52.7 Å². The average Bonchev–Trinajstić information content (AvgIpc) is 3.34. The van der Waals surface area contributed by atoms with E-state index in [1.54, 1.807) is 30.6 Å². The lowest BCUT2D eigenvalue weighted by Crippen LogP contribution is -2.26. The Morgan fingerprint density at radius 2 is 1.28 bits per heavy atom. The molecule has 0 aromatic carbocycles. The third-order valence-electron chi connectivity index (χ3n) is 8.47. The number of imide groups is 2. The molecule has 2 unspecified atom stereocenters. The molecule has 5 amide bonds. The fourth-order valence-corrected chi connectivity index (χ4v) is 7.80. The molecule has 2 rings (SSSR count). The van der Waals surface area contributed by atoms with E-state index in [1.165, 1.54) is 16.8 Å². The maximum Gasteiger partial charge on any atom is 0.242 e. The van der Waals surface area contributed by atoms with Gasteiger partial charge >= 0.3 is 0 Å². The van der Waals surface area contributed by atoms with Crippen molar-refractivity contribution in [3.8, 4) is 0 Å². The third-order valence-corrected chi connectivity index (χ3v) is 11.1. The smallest absolute Gasteiger partial charge is 0.242 e. The first-order valence-corrected chi connectivity index (χ1v) is 18.0. The van der Waals surface area contributed by atoms with Crippen LogP contribution in [0.1, 0.15) is 111 Å². The fraction of sp³-hybridized carbons (Fsp3) is 0.812. The van der Waals surface area contributed by atoms with Gasteiger partial charge in [-0.15, -0.1) is 23.5 Å². The molecule has 0 aliphatic carbocycles. The molecule has 2 aliphatic heterocycles. The van der Waals surface area contributed by atoms with Crippen molar-refractivity contribution in [2.75, 3.05) is 32.1 Å². The van der Waals surface area contributed by atoms with Crippen molar-refractivity contribution in [2.45, 2.75) is 121 Å². The first-order chi connectivity index (χ1) is 20.3. The second-order valence-electron chi connectivity index (χ2n) is 13.0. The van der Waals surface area contributed by atoms with Crippen LogP contribution in [0.4, 0.5) is 0 Å². The van der Waals surface area contributed by atoms with Crippen molar-refractivity contribution in [2.24, 2.45) is 11.3 Å². The van der Waals surface area contributed by atoms with Gasteiger partial charge in [0.25, 0.3) is 0 Å². The molecular formula is C32H53N3O6S2. The number of nitrogens with zero attached hydrogens (tertiary/aromatic N) is 2. The number of rotatable bonds is 21. The number of carbonyl (C=O) groups excluding carboxylic acids is 6. The summed E-state index contributed by atoms with van der Waals surface area (Å²) >= 11 is 3.10. The quantitative estimate of drug-likeness (QED) is 0.138. The van der Waals surface area contributed by atoms with Crippen molar-refractivity contribution in [3.63, 3.8) is 0 Å². The minimum absolute atomic E-state index is 0.0444. The van der Waals surface area contributed by atoms with Crippen molar-refractivity contribution in [3.05, 3.63) is 0 Å². The Morgan fingerprint density at radius 3 is 1.74 bits per heavy atom. The molecule has 43 heavy (non-hydrogen) atoms. The molecule has 0 saturated carbocycles. The highest BCUT2D eigenvalue weighted by atomic mass is 32.2. The van der Waals surface area contributed by atoms with E-state index in [4.69, 9.17) is 0 Å². The highest BCUT2D eigenvalue weighted by Crippen LogP contribution is 2.34. The lowest BCUT2D eigenvalue weighted by atomic mass is 9.75. The van der Waals surface area contributed by atoms with Gasteiger partial charge in [0.05, 0.1) is 10.5 Å². The molecule has 9 nitrogen and oxygen atoms in total. The van der Waals surface area contributed by atoms with E-state index >= 15 is 0 Å². The Hall–Kier alpha value is -1.88. The Labute approximate surface area is 266 Å². The van der Waals surface area contributed by atoms with Crippen LogP contribution in [0.15, 0.2) is 0 Å². The summed E-state index contributed by atoms with van der Waals surface area (Å²) in [5, 5.41) is 2.53. The van der Waals surface area contributed by atoms with E-state index in [1.807, 2.05) is 0 Å². The molecule has 244 valence electrons. The van der Waals surface area contributed by atoms with Gasteiger partial charge in [-0.05, 0) is 61.4 Å². The van der Waals surface area contributed by atoms with E-state index < -0.39 is 0 Å². The Balaban J connectivity index is 1.49. The van der Waals surface area contributed by atoms with E-state index in [2.05, 4.69) is 26.1 Å². The van der Waals surface area contributed by atoms with E-state index in [0.29, 0.717) is 50.4 Å². The number of thioether (sulfide) groups is 2. The number of hydrogen-bond donors (Lipinski definition) is 1. The van der Waals surface area contributed by atoms with Crippen LogP contribution in [0, 0.1) is 11.3 Å². The standard InChI is InChI=1S/C32H53N3O6S2/c1-32(2,3)23(20-24(36)15-8-6-12-18-42-25-21-28(38)34(4)30(25)40)14-10-11-17-33-27(37)16-9-7-13-19-43-26-22-29(39)35(5)31(26)41/h23,25-26H,6-22H2,1-5H3,(H,33,37)/t23-,25?,26?/m1/s1. The summed E-state index contributed by atoms with van der Waals surface area (Å²) in [6.45, 7) is 7.23. The molecule has 3 atom stereocenters. The lowest BCUT2D eigenvalue weighted by molar-refractivity contribution is -0.138. The molecule has 11 heteroatoms. The molecule has 0 aromatic heterocycles. The number of amides is 5. The van der Waals surface area contributed by atoms with Crippen molar-refractivity contribution < 1.29 is 28.8 Å². The normalized spacial score (nSPS) is 19.9. The zero-order valence-electron chi connectivity index (χ0n) is 26.9. The molecule has 2 fully saturated rings. The van der Waals surface area contributed by atoms with E-state index in [-0.39, 0.29) is 45.5 Å². The Bertz CT molecular complexity index is 983. The zero-order valence-corrected chi connectivity index (χ0v) is 28.5. The molecule has 0 bridgehead atoms. The van der Waals surface area contributed by atoms with Crippen LogP contribution in [0.3, 0.4) is 0 Å². The molecule has 0 spiro atoms. The van der Waals surface area contributed by atoms with Crippen LogP contribution >= 0.6 is 23.5 Å². The van der Waals surface area contributed by atoms with Gasteiger partial charge in [-0.2, -0.15) is 0 Å².